The zero-order chi connectivity index (χ0) is 29.8. The van der Waals surface area contributed by atoms with Gasteiger partial charge >= 0.3 is 0 Å². The summed E-state index contributed by atoms with van der Waals surface area (Å²) < 4.78 is 4.82. The Hall–Kier alpha value is -4.63. The van der Waals surface area contributed by atoms with Crippen molar-refractivity contribution in [1.29, 1.82) is 0 Å². The molecule has 3 nitrogen and oxygen atoms in total. The van der Waals surface area contributed by atoms with Crippen LogP contribution in [0, 0.1) is 0 Å². The van der Waals surface area contributed by atoms with E-state index in [9.17, 15) is 0 Å². The molecule has 43 heavy (non-hydrogen) atoms. The van der Waals surface area contributed by atoms with Crippen molar-refractivity contribution < 1.29 is 0 Å². The fourth-order valence-electron chi connectivity index (χ4n) is 6.61. The minimum absolute atomic E-state index is 0.378. The third-order valence-corrected chi connectivity index (χ3v) is 8.86. The van der Waals surface area contributed by atoms with Crippen LogP contribution in [0.2, 0.25) is 0 Å². The molecule has 0 atom stereocenters. The molecule has 0 unspecified atom stereocenters. The van der Waals surface area contributed by atoms with E-state index in [-0.39, 0.29) is 0 Å². The molecule has 2 heterocycles. The molecule has 0 aliphatic carbocycles. The predicted octanol–water partition coefficient (Wildman–Crippen LogP) is 11.2. The molecule has 3 heteroatoms. The second kappa shape index (κ2) is 10.6. The Morgan fingerprint density at radius 2 is 1.14 bits per heavy atom. The summed E-state index contributed by atoms with van der Waals surface area (Å²) in [6.07, 6.45) is 0. The van der Waals surface area contributed by atoms with Gasteiger partial charge in [-0.3, -0.25) is 4.57 Å². The smallest absolute Gasteiger partial charge is 0.145 e. The van der Waals surface area contributed by atoms with Crippen LogP contribution in [0.4, 0.5) is 0 Å². The van der Waals surface area contributed by atoms with Crippen LogP contribution in [-0.2, 0) is 0 Å². The van der Waals surface area contributed by atoms with Crippen molar-refractivity contribution >= 4 is 32.8 Å². The summed E-state index contributed by atoms with van der Waals surface area (Å²) in [5, 5.41) is 2.53. The summed E-state index contributed by atoms with van der Waals surface area (Å²) in [6, 6.07) is 39.9. The molecule has 0 saturated heterocycles. The monoisotopic (exact) mass is 561 g/mol. The van der Waals surface area contributed by atoms with Gasteiger partial charge in [0.2, 0.25) is 0 Å². The van der Waals surface area contributed by atoms with Crippen LogP contribution in [0.5, 0.6) is 0 Å². The van der Waals surface area contributed by atoms with Crippen LogP contribution >= 0.6 is 0 Å². The predicted molar refractivity (Wildman–Crippen MR) is 183 cm³/mol. The number of rotatable bonds is 6. The lowest BCUT2D eigenvalue weighted by atomic mass is 9.92. The first-order chi connectivity index (χ1) is 20.8. The molecule has 0 N–H and O–H groups in total. The molecule has 0 aliphatic rings. The van der Waals surface area contributed by atoms with Crippen molar-refractivity contribution in [1.82, 2.24) is 14.1 Å². The summed E-state index contributed by atoms with van der Waals surface area (Å²) in [4.78, 5) is 5.31. The van der Waals surface area contributed by atoms with Gasteiger partial charge in [0.1, 0.15) is 5.82 Å². The maximum absolute atomic E-state index is 5.31. The van der Waals surface area contributed by atoms with Crippen molar-refractivity contribution in [3.05, 3.63) is 126 Å². The summed E-state index contributed by atoms with van der Waals surface area (Å²) in [5.74, 6) is 2.19. The van der Waals surface area contributed by atoms with E-state index < -0.39 is 0 Å². The minimum atomic E-state index is 0.378. The molecule has 0 spiro atoms. The maximum Gasteiger partial charge on any atom is 0.145 e. The van der Waals surface area contributed by atoms with Crippen LogP contribution in [0.3, 0.4) is 0 Å². The van der Waals surface area contributed by atoms with E-state index in [1.165, 1.54) is 49.9 Å². The molecule has 0 bridgehead atoms. The SMILES string of the molecule is CC(C)c1ccc2c(c1)c1cc(-c3nc4ccccc4n3-c3c(C(C)C)cccc3C(C)C)ccc1n2-c1ccccc1. The van der Waals surface area contributed by atoms with E-state index in [1.54, 1.807) is 0 Å². The quantitative estimate of drug-likeness (QED) is 0.198. The van der Waals surface area contributed by atoms with Gasteiger partial charge in [-0.15, -0.1) is 0 Å². The van der Waals surface area contributed by atoms with Gasteiger partial charge in [-0.25, -0.2) is 4.98 Å². The zero-order valence-corrected chi connectivity index (χ0v) is 26.0. The molecule has 2 aromatic heterocycles. The van der Waals surface area contributed by atoms with Crippen molar-refractivity contribution in [3.63, 3.8) is 0 Å². The Bertz CT molecular complexity index is 2080. The largest absolute Gasteiger partial charge is 0.309 e. The maximum atomic E-state index is 5.31. The number of hydrogen-bond donors (Lipinski definition) is 0. The van der Waals surface area contributed by atoms with Gasteiger partial charge in [-0.1, -0.05) is 96.1 Å². The second-order valence-electron chi connectivity index (χ2n) is 12.7. The van der Waals surface area contributed by atoms with Crippen molar-refractivity contribution in [3.8, 4) is 22.8 Å². The molecule has 0 aliphatic heterocycles. The highest BCUT2D eigenvalue weighted by Crippen LogP contribution is 2.40. The topological polar surface area (TPSA) is 22.8 Å². The fourth-order valence-corrected chi connectivity index (χ4v) is 6.61. The molecule has 7 rings (SSSR count). The van der Waals surface area contributed by atoms with Crippen molar-refractivity contribution in [2.75, 3.05) is 0 Å². The molecular weight excluding hydrogens is 522 g/mol. The Kier molecular flexibility index (Phi) is 6.69. The lowest BCUT2D eigenvalue weighted by molar-refractivity contribution is 0.811. The third-order valence-electron chi connectivity index (χ3n) is 8.86. The van der Waals surface area contributed by atoms with Crippen LogP contribution in [0.15, 0.2) is 109 Å². The highest BCUT2D eigenvalue weighted by Gasteiger charge is 2.23. The van der Waals surface area contributed by atoms with Gasteiger partial charge in [0.25, 0.3) is 0 Å². The van der Waals surface area contributed by atoms with E-state index in [4.69, 9.17) is 4.98 Å². The number of para-hydroxylation sites is 4. The second-order valence-corrected chi connectivity index (χ2v) is 12.7. The third kappa shape index (κ3) is 4.46. The van der Waals surface area contributed by atoms with E-state index in [1.807, 2.05) is 0 Å². The van der Waals surface area contributed by atoms with Gasteiger partial charge in [0.05, 0.1) is 27.8 Å². The summed E-state index contributed by atoms with van der Waals surface area (Å²) in [5.41, 5.74) is 12.2. The van der Waals surface area contributed by atoms with Crippen LogP contribution in [-0.4, -0.2) is 14.1 Å². The number of aromatic nitrogens is 3. The highest BCUT2D eigenvalue weighted by molar-refractivity contribution is 6.10. The zero-order valence-electron chi connectivity index (χ0n) is 26.0. The van der Waals surface area contributed by atoms with Crippen LogP contribution in [0.1, 0.15) is 76.0 Å². The Morgan fingerprint density at radius 3 is 1.81 bits per heavy atom. The molecular formula is C40H39N3. The molecule has 214 valence electrons. The fraction of sp³-hybridized carbons (Fsp3) is 0.225. The van der Waals surface area contributed by atoms with Gasteiger partial charge in [0, 0.05) is 22.0 Å². The Balaban J connectivity index is 1.57. The molecule has 0 saturated carbocycles. The standard InChI is InChI=1S/C40H39N3/c1-25(2)28-19-21-36-33(23-28)34-24-29(20-22-37(34)42(36)30-13-8-7-9-14-30)40-41-35-17-10-11-18-38(35)43(40)39-31(26(3)4)15-12-16-32(39)27(5)6/h7-27H,1-6H3. The number of hydrogen-bond acceptors (Lipinski definition) is 1. The van der Waals surface area contributed by atoms with E-state index in [2.05, 4.69) is 160 Å². The van der Waals surface area contributed by atoms with Gasteiger partial charge in [0.15, 0.2) is 0 Å². The first-order valence-electron chi connectivity index (χ1n) is 15.6. The van der Waals surface area contributed by atoms with Gasteiger partial charge < -0.3 is 4.57 Å². The molecule has 7 aromatic rings. The Labute approximate surface area is 254 Å². The van der Waals surface area contributed by atoms with E-state index >= 15 is 0 Å². The molecule has 0 amide bonds. The minimum Gasteiger partial charge on any atom is -0.309 e. The summed E-state index contributed by atoms with van der Waals surface area (Å²) in [7, 11) is 0. The number of fused-ring (bicyclic) bond motifs is 4. The van der Waals surface area contributed by atoms with E-state index in [0.717, 1.165) is 22.4 Å². The lowest BCUT2D eigenvalue weighted by Crippen LogP contribution is -2.08. The highest BCUT2D eigenvalue weighted by atomic mass is 15.1. The van der Waals surface area contributed by atoms with Gasteiger partial charge in [-0.05, 0) is 89.0 Å². The molecule has 0 radical (unpaired) electrons. The number of nitrogens with zero attached hydrogens (tertiary/aromatic N) is 3. The molecule has 5 aromatic carbocycles. The number of imidazole rings is 1. The van der Waals surface area contributed by atoms with Crippen molar-refractivity contribution in [2.45, 2.75) is 59.3 Å². The van der Waals surface area contributed by atoms with Crippen LogP contribution in [0.25, 0.3) is 55.6 Å². The summed E-state index contributed by atoms with van der Waals surface area (Å²) >= 11 is 0. The average Bonchev–Trinajstić information content (AvgIpc) is 3.56. The van der Waals surface area contributed by atoms with E-state index in [0.29, 0.717) is 17.8 Å². The summed E-state index contributed by atoms with van der Waals surface area (Å²) in [6.45, 7) is 13.7. The number of benzene rings is 5. The first-order valence-corrected chi connectivity index (χ1v) is 15.6. The first kappa shape index (κ1) is 27.2. The van der Waals surface area contributed by atoms with Crippen molar-refractivity contribution in [2.24, 2.45) is 0 Å². The van der Waals surface area contributed by atoms with Gasteiger partial charge in [-0.2, -0.15) is 0 Å². The average molecular weight is 562 g/mol. The normalized spacial score (nSPS) is 12.1. The van der Waals surface area contributed by atoms with Crippen LogP contribution < -0.4 is 0 Å². The Morgan fingerprint density at radius 1 is 0.512 bits per heavy atom. The molecule has 0 fully saturated rings. The lowest BCUT2D eigenvalue weighted by Gasteiger charge is -2.22.